The highest BCUT2D eigenvalue weighted by atomic mass is 19.1. The van der Waals surface area contributed by atoms with Gasteiger partial charge in [0.05, 0.1) is 6.07 Å². The Balaban J connectivity index is 1.68. The molecule has 1 aliphatic heterocycles. The van der Waals surface area contributed by atoms with Gasteiger partial charge in [0.25, 0.3) is 5.91 Å². The summed E-state index contributed by atoms with van der Waals surface area (Å²) in [5, 5.41) is 10.2. The molecule has 1 amide bonds. The van der Waals surface area contributed by atoms with E-state index in [4.69, 9.17) is 4.74 Å². The van der Waals surface area contributed by atoms with E-state index in [0.29, 0.717) is 18.8 Å². The molecule has 0 spiro atoms. The van der Waals surface area contributed by atoms with Crippen LogP contribution < -0.4 is 10.2 Å². The summed E-state index contributed by atoms with van der Waals surface area (Å²) in [5.41, 5.74) is -0.0392. The summed E-state index contributed by atoms with van der Waals surface area (Å²) in [4.78, 5) is 26.6. The van der Waals surface area contributed by atoms with Crippen LogP contribution in [0.2, 0.25) is 0 Å². The van der Waals surface area contributed by atoms with Crippen molar-refractivity contribution in [3.8, 4) is 17.4 Å². The fraction of sp³-hybridized carbons (Fsp3) is 0.143. The molecule has 0 aliphatic carbocycles. The Labute approximate surface area is 160 Å². The minimum atomic E-state index is -0.686. The second-order valence-electron chi connectivity index (χ2n) is 6.46. The highest BCUT2D eigenvalue weighted by Gasteiger charge is 2.30. The van der Waals surface area contributed by atoms with Gasteiger partial charge in [-0.3, -0.25) is 9.59 Å². The molecule has 6 nitrogen and oxygen atoms in total. The van der Waals surface area contributed by atoms with Crippen LogP contribution >= 0.6 is 0 Å². The van der Waals surface area contributed by atoms with Crippen LogP contribution in [0.4, 0.5) is 4.39 Å². The van der Waals surface area contributed by atoms with Crippen LogP contribution in [0.25, 0.3) is 0 Å². The minimum Gasteiger partial charge on any atom is -0.503 e. The molecule has 142 valence electrons. The Morgan fingerprint density at radius 3 is 2.43 bits per heavy atom. The van der Waals surface area contributed by atoms with Crippen molar-refractivity contribution in [2.24, 2.45) is 0 Å². The Kier molecular flexibility index (Phi) is 4.57. The lowest BCUT2D eigenvalue weighted by Gasteiger charge is -2.31. The van der Waals surface area contributed by atoms with Crippen molar-refractivity contribution in [1.29, 1.82) is 0 Å². The molecule has 1 N–H and O–H groups in total. The standard InChI is InChI=1S/C21H17FN2O4/c22-15-8-6-14(7-9-15)13-23-10-11-24-18(28-16-4-2-1-3-5-16)12-17(25)20(26)19(24)21(23)27/h1-9,12,26H,10-11,13H2. The Hall–Kier alpha value is -3.61. The molecule has 2 heterocycles. The highest BCUT2D eigenvalue weighted by Crippen LogP contribution is 2.28. The Morgan fingerprint density at radius 1 is 1.00 bits per heavy atom. The molecule has 0 radical (unpaired) electrons. The lowest BCUT2D eigenvalue weighted by Crippen LogP contribution is -2.41. The normalized spacial score (nSPS) is 13.3. The van der Waals surface area contributed by atoms with Gasteiger partial charge in [0.2, 0.25) is 11.3 Å². The van der Waals surface area contributed by atoms with Gasteiger partial charge in [0.1, 0.15) is 11.6 Å². The van der Waals surface area contributed by atoms with Crippen molar-refractivity contribution >= 4 is 5.91 Å². The maximum atomic E-state index is 13.1. The molecule has 0 saturated heterocycles. The van der Waals surface area contributed by atoms with E-state index in [1.54, 1.807) is 36.4 Å². The van der Waals surface area contributed by atoms with E-state index in [1.807, 2.05) is 6.07 Å². The van der Waals surface area contributed by atoms with Gasteiger partial charge in [-0.25, -0.2) is 4.39 Å². The van der Waals surface area contributed by atoms with Gasteiger partial charge in [-0.1, -0.05) is 30.3 Å². The molecule has 1 aliphatic rings. The van der Waals surface area contributed by atoms with Gasteiger partial charge < -0.3 is 19.3 Å². The van der Waals surface area contributed by atoms with Gasteiger partial charge >= 0.3 is 0 Å². The first kappa shape index (κ1) is 17.8. The van der Waals surface area contributed by atoms with Crippen molar-refractivity contribution in [3.05, 3.63) is 88.0 Å². The number of aromatic hydroxyl groups is 1. The van der Waals surface area contributed by atoms with E-state index >= 15 is 0 Å². The molecule has 0 bridgehead atoms. The average Bonchev–Trinajstić information content (AvgIpc) is 2.70. The monoisotopic (exact) mass is 380 g/mol. The number of benzene rings is 2. The molecule has 1 aromatic heterocycles. The molecule has 2 aromatic carbocycles. The number of para-hydroxylation sites is 1. The third-order valence-electron chi connectivity index (χ3n) is 4.58. The lowest BCUT2D eigenvalue weighted by molar-refractivity contribution is 0.0678. The Morgan fingerprint density at radius 2 is 1.71 bits per heavy atom. The number of nitrogens with zero attached hydrogens (tertiary/aromatic N) is 2. The number of hydrogen-bond donors (Lipinski definition) is 1. The highest BCUT2D eigenvalue weighted by molar-refractivity contribution is 5.96. The number of halogens is 1. The summed E-state index contributed by atoms with van der Waals surface area (Å²) in [5.74, 6) is -0.730. The van der Waals surface area contributed by atoms with Crippen molar-refractivity contribution < 1.29 is 19.0 Å². The predicted molar refractivity (Wildman–Crippen MR) is 100 cm³/mol. The molecule has 4 rings (SSSR count). The van der Waals surface area contributed by atoms with Gasteiger partial charge in [0, 0.05) is 19.6 Å². The summed E-state index contributed by atoms with van der Waals surface area (Å²) in [7, 11) is 0. The van der Waals surface area contributed by atoms with Crippen LogP contribution in [-0.4, -0.2) is 27.0 Å². The quantitative estimate of drug-likeness (QED) is 0.755. The predicted octanol–water partition coefficient (Wildman–Crippen LogP) is 3.14. The van der Waals surface area contributed by atoms with Crippen molar-refractivity contribution in [1.82, 2.24) is 9.47 Å². The van der Waals surface area contributed by atoms with Crippen LogP contribution in [0, 0.1) is 5.82 Å². The molecule has 0 unspecified atom stereocenters. The maximum Gasteiger partial charge on any atom is 0.274 e. The summed E-state index contributed by atoms with van der Waals surface area (Å²) in [6.45, 7) is 0.950. The SMILES string of the molecule is O=C1c2c(O)c(=O)cc(Oc3ccccc3)n2CCN1Cc1ccc(F)cc1. The zero-order valence-corrected chi connectivity index (χ0v) is 14.8. The molecule has 3 aromatic rings. The number of carbonyl (C=O) groups excluding carboxylic acids is 1. The van der Waals surface area contributed by atoms with Crippen LogP contribution in [-0.2, 0) is 13.1 Å². The number of carbonyl (C=O) groups is 1. The first-order valence-corrected chi connectivity index (χ1v) is 8.76. The number of hydrogen-bond acceptors (Lipinski definition) is 4. The fourth-order valence-corrected chi connectivity index (χ4v) is 3.18. The third-order valence-corrected chi connectivity index (χ3v) is 4.58. The first-order chi connectivity index (χ1) is 13.5. The van der Waals surface area contributed by atoms with Crippen LogP contribution in [0.1, 0.15) is 16.1 Å². The maximum absolute atomic E-state index is 13.1. The Bertz CT molecular complexity index is 1080. The molecular weight excluding hydrogens is 363 g/mol. The van der Waals surface area contributed by atoms with E-state index < -0.39 is 17.1 Å². The van der Waals surface area contributed by atoms with Crippen LogP contribution in [0.15, 0.2) is 65.5 Å². The molecule has 28 heavy (non-hydrogen) atoms. The number of ether oxygens (including phenoxy) is 1. The van der Waals surface area contributed by atoms with E-state index in [1.165, 1.54) is 27.7 Å². The summed E-state index contributed by atoms with van der Waals surface area (Å²) >= 11 is 0. The van der Waals surface area contributed by atoms with Crippen molar-refractivity contribution in [2.45, 2.75) is 13.1 Å². The summed E-state index contributed by atoms with van der Waals surface area (Å²) < 4.78 is 20.4. The minimum absolute atomic E-state index is 0.105. The molecule has 7 heteroatoms. The van der Waals surface area contributed by atoms with E-state index in [0.717, 1.165) is 5.56 Å². The van der Waals surface area contributed by atoms with Crippen LogP contribution in [0.5, 0.6) is 17.4 Å². The van der Waals surface area contributed by atoms with E-state index in [2.05, 4.69) is 0 Å². The molecular formula is C21H17FN2O4. The second kappa shape index (κ2) is 7.19. The summed E-state index contributed by atoms with van der Waals surface area (Å²) in [6.07, 6.45) is 0. The second-order valence-corrected chi connectivity index (χ2v) is 6.46. The number of aromatic nitrogens is 1. The first-order valence-electron chi connectivity index (χ1n) is 8.76. The van der Waals surface area contributed by atoms with Gasteiger partial charge in [-0.2, -0.15) is 0 Å². The van der Waals surface area contributed by atoms with Gasteiger partial charge in [0.15, 0.2) is 11.4 Å². The van der Waals surface area contributed by atoms with Crippen molar-refractivity contribution in [2.75, 3.05) is 6.54 Å². The smallest absolute Gasteiger partial charge is 0.274 e. The zero-order valence-electron chi connectivity index (χ0n) is 14.8. The number of rotatable bonds is 4. The van der Waals surface area contributed by atoms with E-state index in [9.17, 15) is 19.1 Å². The number of pyridine rings is 1. The fourth-order valence-electron chi connectivity index (χ4n) is 3.18. The number of amides is 1. The van der Waals surface area contributed by atoms with Gasteiger partial charge in [-0.15, -0.1) is 0 Å². The zero-order chi connectivity index (χ0) is 19.7. The third kappa shape index (κ3) is 3.34. The lowest BCUT2D eigenvalue weighted by atomic mass is 10.1. The number of fused-ring (bicyclic) bond motifs is 1. The molecule has 0 atom stereocenters. The summed E-state index contributed by atoms with van der Waals surface area (Å²) in [6, 6.07) is 15.9. The molecule has 0 saturated carbocycles. The van der Waals surface area contributed by atoms with E-state index in [-0.39, 0.29) is 23.9 Å². The topological polar surface area (TPSA) is 71.8 Å². The van der Waals surface area contributed by atoms with Gasteiger partial charge in [-0.05, 0) is 29.8 Å². The average molecular weight is 380 g/mol. The van der Waals surface area contributed by atoms with Crippen LogP contribution in [0.3, 0.4) is 0 Å². The molecule has 0 fully saturated rings. The van der Waals surface area contributed by atoms with Crippen molar-refractivity contribution in [3.63, 3.8) is 0 Å². The largest absolute Gasteiger partial charge is 0.503 e.